The van der Waals surface area contributed by atoms with Crippen molar-refractivity contribution in [2.75, 3.05) is 12.4 Å². The summed E-state index contributed by atoms with van der Waals surface area (Å²) in [5, 5.41) is 3.56. The number of anilines is 1. The molecule has 1 aromatic carbocycles. The van der Waals surface area contributed by atoms with Gasteiger partial charge in [0.2, 0.25) is 5.91 Å². The third kappa shape index (κ3) is 2.66. The molecule has 0 aliphatic heterocycles. The Bertz CT molecular complexity index is 651. The molecule has 0 aliphatic rings. The summed E-state index contributed by atoms with van der Waals surface area (Å²) >= 11 is 1.29. The molecule has 0 fully saturated rings. The smallest absolute Gasteiger partial charge is 0.350 e. The fraction of sp³-hybridized carbons (Fsp3) is 0.286. The molecule has 1 amide bonds. The molecule has 0 saturated heterocycles. The predicted molar refractivity (Wildman–Crippen MR) is 80.1 cm³/mol. The van der Waals surface area contributed by atoms with Crippen LogP contribution in [0, 0.1) is 0 Å². The van der Waals surface area contributed by atoms with Crippen LogP contribution in [0.1, 0.15) is 23.0 Å². The molecule has 0 bridgehead atoms. The van der Waals surface area contributed by atoms with E-state index in [4.69, 9.17) is 10.5 Å². The minimum absolute atomic E-state index is 0.304. The Hall–Kier alpha value is -1.92. The quantitative estimate of drug-likeness (QED) is 0.848. The zero-order valence-electron chi connectivity index (χ0n) is 11.3. The zero-order chi connectivity index (χ0) is 14.7. The van der Waals surface area contributed by atoms with E-state index >= 15 is 0 Å². The van der Waals surface area contributed by atoms with Crippen LogP contribution in [0.4, 0.5) is 5.69 Å². The monoisotopic (exact) mass is 292 g/mol. The molecule has 1 unspecified atom stereocenters. The number of nitrogens with one attached hydrogen (secondary N) is 1. The average molecular weight is 292 g/mol. The summed E-state index contributed by atoms with van der Waals surface area (Å²) in [6.07, 6.45) is 0.529. The number of esters is 1. The lowest BCUT2D eigenvalue weighted by atomic mass is 10.2. The molecule has 0 aliphatic carbocycles. The van der Waals surface area contributed by atoms with E-state index in [2.05, 4.69) is 5.32 Å². The highest BCUT2D eigenvalue weighted by Gasteiger charge is 2.22. The van der Waals surface area contributed by atoms with Crippen molar-refractivity contribution < 1.29 is 14.3 Å². The van der Waals surface area contributed by atoms with Crippen LogP contribution < -0.4 is 11.1 Å². The van der Waals surface area contributed by atoms with Gasteiger partial charge >= 0.3 is 5.97 Å². The van der Waals surface area contributed by atoms with Crippen molar-refractivity contribution in [1.82, 2.24) is 0 Å². The van der Waals surface area contributed by atoms with E-state index in [0.717, 1.165) is 10.1 Å². The molecular formula is C14H16N2O3S. The second-order valence-electron chi connectivity index (χ2n) is 4.30. The number of hydrogen-bond donors (Lipinski definition) is 2. The maximum Gasteiger partial charge on any atom is 0.350 e. The van der Waals surface area contributed by atoms with Crippen LogP contribution in [0.15, 0.2) is 24.3 Å². The SMILES string of the molecule is CCC(N)C(=O)Nc1c(C(=O)OC)sc2ccccc12. The lowest BCUT2D eigenvalue weighted by Crippen LogP contribution is -2.35. The number of hydrogen-bond acceptors (Lipinski definition) is 5. The molecule has 20 heavy (non-hydrogen) atoms. The number of nitrogens with two attached hydrogens (primary N) is 1. The number of ether oxygens (including phenoxy) is 1. The first-order valence-electron chi connectivity index (χ1n) is 6.24. The lowest BCUT2D eigenvalue weighted by Gasteiger charge is -2.10. The van der Waals surface area contributed by atoms with E-state index in [1.165, 1.54) is 18.4 Å². The third-order valence-electron chi connectivity index (χ3n) is 2.99. The average Bonchev–Trinajstić information content (AvgIpc) is 2.84. The predicted octanol–water partition coefficient (Wildman–Crippen LogP) is 2.36. The van der Waals surface area contributed by atoms with Crippen LogP contribution in [0.25, 0.3) is 10.1 Å². The van der Waals surface area contributed by atoms with Gasteiger partial charge in [0.25, 0.3) is 0 Å². The van der Waals surface area contributed by atoms with Crippen molar-refractivity contribution in [3.05, 3.63) is 29.1 Å². The van der Waals surface area contributed by atoms with Crippen molar-refractivity contribution in [2.45, 2.75) is 19.4 Å². The molecule has 0 radical (unpaired) electrons. The zero-order valence-corrected chi connectivity index (χ0v) is 12.1. The van der Waals surface area contributed by atoms with Crippen LogP contribution >= 0.6 is 11.3 Å². The first kappa shape index (κ1) is 14.5. The summed E-state index contributed by atoms with van der Waals surface area (Å²) in [4.78, 5) is 24.2. The van der Waals surface area contributed by atoms with E-state index in [0.29, 0.717) is 17.0 Å². The first-order valence-corrected chi connectivity index (χ1v) is 7.06. The molecule has 6 heteroatoms. The van der Waals surface area contributed by atoms with Crippen molar-refractivity contribution in [2.24, 2.45) is 5.73 Å². The van der Waals surface area contributed by atoms with Gasteiger partial charge in [0.1, 0.15) is 4.88 Å². The highest BCUT2D eigenvalue weighted by molar-refractivity contribution is 7.21. The highest BCUT2D eigenvalue weighted by Crippen LogP contribution is 2.36. The number of rotatable bonds is 4. The minimum Gasteiger partial charge on any atom is -0.465 e. The Morgan fingerprint density at radius 1 is 1.40 bits per heavy atom. The highest BCUT2D eigenvalue weighted by atomic mass is 32.1. The van der Waals surface area contributed by atoms with Crippen molar-refractivity contribution in [3.8, 4) is 0 Å². The second-order valence-corrected chi connectivity index (χ2v) is 5.35. The molecule has 2 aromatic rings. The molecule has 3 N–H and O–H groups in total. The van der Waals surface area contributed by atoms with E-state index in [9.17, 15) is 9.59 Å². The van der Waals surface area contributed by atoms with Gasteiger partial charge in [0.05, 0.1) is 18.8 Å². The van der Waals surface area contributed by atoms with Crippen LogP contribution in [-0.4, -0.2) is 25.0 Å². The Morgan fingerprint density at radius 3 is 2.75 bits per heavy atom. The molecule has 106 valence electrons. The number of carbonyl (C=O) groups excluding carboxylic acids is 2. The van der Waals surface area contributed by atoms with Crippen molar-refractivity contribution in [1.29, 1.82) is 0 Å². The van der Waals surface area contributed by atoms with Crippen LogP contribution in [0.3, 0.4) is 0 Å². The first-order chi connectivity index (χ1) is 9.58. The van der Waals surface area contributed by atoms with Gasteiger partial charge in [0.15, 0.2) is 0 Å². The van der Waals surface area contributed by atoms with Crippen LogP contribution in [-0.2, 0) is 9.53 Å². The fourth-order valence-corrected chi connectivity index (χ4v) is 2.88. The van der Waals surface area contributed by atoms with Crippen molar-refractivity contribution >= 4 is 39.0 Å². The standard InChI is InChI=1S/C14H16N2O3S/c1-3-9(15)13(17)16-11-8-6-4-5-7-10(8)20-12(11)14(18)19-2/h4-7,9H,3,15H2,1-2H3,(H,16,17). The number of benzene rings is 1. The summed E-state index contributed by atoms with van der Waals surface area (Å²) in [7, 11) is 1.32. The van der Waals surface area contributed by atoms with Gasteiger partial charge in [-0.1, -0.05) is 25.1 Å². The fourth-order valence-electron chi connectivity index (χ4n) is 1.81. The number of fused-ring (bicyclic) bond motifs is 1. The minimum atomic E-state index is -0.598. The summed E-state index contributed by atoms with van der Waals surface area (Å²) in [6, 6.07) is 6.88. The van der Waals surface area contributed by atoms with Gasteiger partial charge in [-0.15, -0.1) is 11.3 Å². The van der Waals surface area contributed by atoms with Crippen molar-refractivity contribution in [3.63, 3.8) is 0 Å². The molecule has 1 aromatic heterocycles. The topological polar surface area (TPSA) is 81.4 Å². The van der Waals surface area contributed by atoms with E-state index in [1.54, 1.807) is 0 Å². The van der Waals surface area contributed by atoms with Crippen LogP contribution in [0.5, 0.6) is 0 Å². The number of thiophene rings is 1. The normalized spacial score (nSPS) is 12.2. The van der Waals surface area contributed by atoms with Gasteiger partial charge in [-0.05, 0) is 12.5 Å². The Balaban J connectivity index is 2.48. The van der Waals surface area contributed by atoms with Gasteiger partial charge in [-0.3, -0.25) is 4.79 Å². The Kier molecular flexibility index (Phi) is 4.36. The van der Waals surface area contributed by atoms with E-state index in [1.807, 2.05) is 31.2 Å². The lowest BCUT2D eigenvalue weighted by molar-refractivity contribution is -0.117. The van der Waals surface area contributed by atoms with E-state index < -0.39 is 12.0 Å². The number of methoxy groups -OCH3 is 1. The van der Waals surface area contributed by atoms with Gasteiger partial charge in [0, 0.05) is 10.1 Å². The molecule has 0 saturated carbocycles. The summed E-state index contributed by atoms with van der Waals surface area (Å²) in [5.41, 5.74) is 6.19. The number of carbonyl (C=O) groups is 2. The maximum absolute atomic E-state index is 12.0. The summed E-state index contributed by atoms with van der Waals surface area (Å²) < 4.78 is 5.67. The summed E-state index contributed by atoms with van der Waals surface area (Å²) in [6.45, 7) is 1.83. The molecule has 2 rings (SSSR count). The van der Waals surface area contributed by atoms with Gasteiger partial charge in [-0.25, -0.2) is 4.79 Å². The number of amides is 1. The summed E-state index contributed by atoms with van der Waals surface area (Å²) in [5.74, 6) is -0.771. The van der Waals surface area contributed by atoms with Crippen LogP contribution in [0.2, 0.25) is 0 Å². The van der Waals surface area contributed by atoms with E-state index in [-0.39, 0.29) is 5.91 Å². The molecule has 1 heterocycles. The molecule has 5 nitrogen and oxygen atoms in total. The molecule has 1 atom stereocenters. The van der Waals surface area contributed by atoms with Gasteiger partial charge < -0.3 is 15.8 Å². The Labute approximate surface area is 120 Å². The van der Waals surface area contributed by atoms with Gasteiger partial charge in [-0.2, -0.15) is 0 Å². The Morgan fingerprint density at radius 2 is 2.10 bits per heavy atom. The second kappa shape index (κ2) is 6.02. The molecule has 0 spiro atoms. The maximum atomic E-state index is 12.0. The molecular weight excluding hydrogens is 276 g/mol. The third-order valence-corrected chi connectivity index (χ3v) is 4.14. The largest absolute Gasteiger partial charge is 0.465 e.